The Morgan fingerprint density at radius 1 is 1.19 bits per heavy atom. The van der Waals surface area contributed by atoms with Crippen LogP contribution in [0.15, 0.2) is 30.3 Å². The lowest BCUT2D eigenvalue weighted by atomic mass is 9.79. The van der Waals surface area contributed by atoms with Crippen molar-refractivity contribution < 1.29 is 0 Å². The highest BCUT2D eigenvalue weighted by Crippen LogP contribution is 2.44. The molecule has 0 aromatic heterocycles. The summed E-state index contributed by atoms with van der Waals surface area (Å²) in [5, 5.41) is 0. The van der Waals surface area contributed by atoms with Crippen LogP contribution in [0.4, 0.5) is 0 Å². The maximum absolute atomic E-state index is 2.45. The molecular formula is C16H24. The predicted molar refractivity (Wildman–Crippen MR) is 70.5 cm³/mol. The van der Waals surface area contributed by atoms with Crippen LogP contribution in [-0.2, 0) is 6.42 Å². The van der Waals surface area contributed by atoms with Gasteiger partial charge in [0, 0.05) is 0 Å². The zero-order chi connectivity index (χ0) is 11.4. The fraction of sp³-hybridized carbons (Fsp3) is 0.625. The average molecular weight is 216 g/mol. The summed E-state index contributed by atoms with van der Waals surface area (Å²) in [6, 6.07) is 10.9. The van der Waals surface area contributed by atoms with Gasteiger partial charge in [-0.25, -0.2) is 0 Å². The molecule has 1 aliphatic rings. The van der Waals surface area contributed by atoms with Crippen molar-refractivity contribution >= 4 is 0 Å². The lowest BCUT2D eigenvalue weighted by molar-refractivity contribution is 0.242. The minimum Gasteiger partial charge on any atom is -0.0622 e. The molecule has 2 rings (SSSR count). The Morgan fingerprint density at radius 3 is 2.56 bits per heavy atom. The van der Waals surface area contributed by atoms with Gasteiger partial charge in [-0.15, -0.1) is 0 Å². The van der Waals surface area contributed by atoms with Gasteiger partial charge in [0.15, 0.2) is 0 Å². The van der Waals surface area contributed by atoms with E-state index < -0.39 is 0 Å². The third-order valence-electron chi connectivity index (χ3n) is 4.34. The molecule has 1 aromatic carbocycles. The van der Waals surface area contributed by atoms with Crippen molar-refractivity contribution in [2.24, 2.45) is 11.3 Å². The predicted octanol–water partition coefficient (Wildman–Crippen LogP) is 4.84. The Morgan fingerprint density at radius 2 is 1.94 bits per heavy atom. The molecule has 0 radical (unpaired) electrons. The van der Waals surface area contributed by atoms with E-state index in [4.69, 9.17) is 0 Å². The van der Waals surface area contributed by atoms with Gasteiger partial charge in [0.1, 0.15) is 0 Å². The third kappa shape index (κ3) is 2.87. The van der Waals surface area contributed by atoms with Crippen LogP contribution in [0.5, 0.6) is 0 Å². The molecular weight excluding hydrogens is 192 g/mol. The van der Waals surface area contributed by atoms with Crippen LogP contribution in [0.2, 0.25) is 0 Å². The van der Waals surface area contributed by atoms with E-state index in [0.29, 0.717) is 5.41 Å². The van der Waals surface area contributed by atoms with Gasteiger partial charge < -0.3 is 0 Å². The Kier molecular flexibility index (Phi) is 3.68. The molecule has 0 nitrogen and oxygen atoms in total. The summed E-state index contributed by atoms with van der Waals surface area (Å²) in [6.45, 7) is 4.90. The molecule has 0 aliphatic heterocycles. The summed E-state index contributed by atoms with van der Waals surface area (Å²) < 4.78 is 0. The van der Waals surface area contributed by atoms with Crippen LogP contribution in [0, 0.1) is 11.3 Å². The summed E-state index contributed by atoms with van der Waals surface area (Å²) >= 11 is 0. The molecule has 1 saturated carbocycles. The quantitative estimate of drug-likeness (QED) is 0.676. The molecule has 1 aromatic rings. The van der Waals surface area contributed by atoms with Crippen LogP contribution >= 0.6 is 0 Å². The number of hydrogen-bond acceptors (Lipinski definition) is 0. The minimum atomic E-state index is 0.608. The molecule has 1 aliphatic carbocycles. The Bertz CT molecular complexity index is 310. The second kappa shape index (κ2) is 5.03. The first-order chi connectivity index (χ1) is 7.68. The van der Waals surface area contributed by atoms with Crippen molar-refractivity contribution in [3.63, 3.8) is 0 Å². The van der Waals surface area contributed by atoms with Gasteiger partial charge in [-0.2, -0.15) is 0 Å². The van der Waals surface area contributed by atoms with Crippen molar-refractivity contribution in [3.05, 3.63) is 35.9 Å². The lowest BCUT2D eigenvalue weighted by Crippen LogP contribution is -2.17. The van der Waals surface area contributed by atoms with Crippen molar-refractivity contribution in [2.75, 3.05) is 0 Å². The number of benzene rings is 1. The summed E-state index contributed by atoms with van der Waals surface area (Å²) in [5.41, 5.74) is 2.11. The van der Waals surface area contributed by atoms with Crippen LogP contribution in [0.3, 0.4) is 0 Å². The Labute approximate surface area is 100 Å². The SMILES string of the molecule is CC1(C)CCCC1CCCc1ccccc1. The maximum atomic E-state index is 2.45. The van der Waals surface area contributed by atoms with Gasteiger partial charge in [-0.3, -0.25) is 0 Å². The van der Waals surface area contributed by atoms with E-state index in [-0.39, 0.29) is 0 Å². The summed E-state index contributed by atoms with van der Waals surface area (Å²) in [5.74, 6) is 0.969. The van der Waals surface area contributed by atoms with Crippen molar-refractivity contribution in [3.8, 4) is 0 Å². The van der Waals surface area contributed by atoms with E-state index in [1.165, 1.54) is 44.1 Å². The van der Waals surface area contributed by atoms with E-state index in [9.17, 15) is 0 Å². The highest BCUT2D eigenvalue weighted by Gasteiger charge is 2.33. The normalized spacial score (nSPS) is 23.5. The molecule has 0 heterocycles. The first-order valence-electron chi connectivity index (χ1n) is 6.72. The molecule has 88 valence electrons. The lowest BCUT2D eigenvalue weighted by Gasteiger charge is -2.26. The van der Waals surface area contributed by atoms with Crippen LogP contribution in [-0.4, -0.2) is 0 Å². The first kappa shape index (κ1) is 11.7. The van der Waals surface area contributed by atoms with E-state index in [2.05, 4.69) is 44.2 Å². The average Bonchev–Trinajstić information content (AvgIpc) is 2.60. The van der Waals surface area contributed by atoms with E-state index >= 15 is 0 Å². The third-order valence-corrected chi connectivity index (χ3v) is 4.34. The van der Waals surface area contributed by atoms with Crippen molar-refractivity contribution in [1.29, 1.82) is 0 Å². The number of aryl methyl sites for hydroxylation is 1. The number of rotatable bonds is 4. The zero-order valence-electron chi connectivity index (χ0n) is 10.7. The van der Waals surface area contributed by atoms with Gasteiger partial charge in [0.2, 0.25) is 0 Å². The first-order valence-corrected chi connectivity index (χ1v) is 6.72. The van der Waals surface area contributed by atoms with Gasteiger partial charge in [0.05, 0.1) is 0 Å². The molecule has 1 unspecified atom stereocenters. The number of hydrogen-bond donors (Lipinski definition) is 0. The fourth-order valence-electron chi connectivity index (χ4n) is 3.13. The molecule has 0 amide bonds. The Hall–Kier alpha value is -0.780. The highest BCUT2D eigenvalue weighted by molar-refractivity contribution is 5.14. The molecule has 0 saturated heterocycles. The van der Waals surface area contributed by atoms with Gasteiger partial charge in [0.25, 0.3) is 0 Å². The largest absolute Gasteiger partial charge is 0.0622 e. The standard InChI is InChI=1S/C16H24/c1-16(2)13-7-12-15(16)11-6-10-14-8-4-3-5-9-14/h3-5,8-9,15H,6-7,10-13H2,1-2H3. The molecule has 1 fully saturated rings. The molecule has 1 atom stereocenters. The second-order valence-electron chi connectivity index (χ2n) is 5.96. The fourth-order valence-corrected chi connectivity index (χ4v) is 3.13. The highest BCUT2D eigenvalue weighted by atomic mass is 14.4. The maximum Gasteiger partial charge on any atom is -0.0279 e. The summed E-state index contributed by atoms with van der Waals surface area (Å²) in [7, 11) is 0. The second-order valence-corrected chi connectivity index (χ2v) is 5.96. The van der Waals surface area contributed by atoms with E-state index in [1.807, 2.05) is 0 Å². The molecule has 16 heavy (non-hydrogen) atoms. The van der Waals surface area contributed by atoms with Gasteiger partial charge in [-0.1, -0.05) is 50.6 Å². The summed E-state index contributed by atoms with van der Waals surface area (Å²) in [4.78, 5) is 0. The molecule has 0 spiro atoms. The Balaban J connectivity index is 1.76. The summed E-state index contributed by atoms with van der Waals surface area (Å²) in [6.07, 6.45) is 8.38. The zero-order valence-corrected chi connectivity index (χ0v) is 10.7. The topological polar surface area (TPSA) is 0 Å². The molecule has 0 N–H and O–H groups in total. The van der Waals surface area contributed by atoms with Crippen LogP contribution < -0.4 is 0 Å². The monoisotopic (exact) mass is 216 g/mol. The van der Waals surface area contributed by atoms with Gasteiger partial charge >= 0.3 is 0 Å². The van der Waals surface area contributed by atoms with E-state index in [1.54, 1.807) is 0 Å². The smallest absolute Gasteiger partial charge is 0.0279 e. The minimum absolute atomic E-state index is 0.608. The van der Waals surface area contributed by atoms with Crippen molar-refractivity contribution in [1.82, 2.24) is 0 Å². The van der Waals surface area contributed by atoms with E-state index in [0.717, 1.165) is 5.92 Å². The van der Waals surface area contributed by atoms with Crippen molar-refractivity contribution in [2.45, 2.75) is 52.4 Å². The molecule has 0 bridgehead atoms. The molecule has 0 heteroatoms. The van der Waals surface area contributed by atoms with Crippen LogP contribution in [0.1, 0.15) is 51.5 Å². The van der Waals surface area contributed by atoms with Gasteiger partial charge in [-0.05, 0) is 49.0 Å². The van der Waals surface area contributed by atoms with Crippen LogP contribution in [0.25, 0.3) is 0 Å².